The zero-order chi connectivity index (χ0) is 17.9. The Hall–Kier alpha value is -2.34. The van der Waals surface area contributed by atoms with Crippen LogP contribution < -0.4 is 10.6 Å². The Morgan fingerprint density at radius 1 is 1.36 bits per heavy atom. The van der Waals surface area contributed by atoms with Crippen molar-refractivity contribution >= 4 is 11.8 Å². The molecule has 1 aromatic carbocycles. The van der Waals surface area contributed by atoms with Crippen LogP contribution >= 0.6 is 0 Å². The SMILES string of the molecule is CCc1cc(NC(=O)NC(c2ccccc2)C2(CO)CCC2)n(C)n1. The molecular formula is C19H26N4O2. The lowest BCUT2D eigenvalue weighted by Gasteiger charge is -2.46. The van der Waals surface area contributed by atoms with Gasteiger partial charge in [-0.2, -0.15) is 5.10 Å². The number of benzene rings is 1. The fraction of sp³-hybridized carbons (Fsp3) is 0.474. The zero-order valence-corrected chi connectivity index (χ0v) is 14.8. The van der Waals surface area contributed by atoms with E-state index in [0.717, 1.165) is 36.9 Å². The average molecular weight is 342 g/mol. The van der Waals surface area contributed by atoms with E-state index in [1.165, 1.54) is 0 Å². The molecule has 134 valence electrons. The monoisotopic (exact) mass is 342 g/mol. The highest BCUT2D eigenvalue weighted by atomic mass is 16.3. The minimum Gasteiger partial charge on any atom is -0.396 e. The Morgan fingerprint density at radius 2 is 2.08 bits per heavy atom. The molecule has 3 N–H and O–H groups in total. The molecule has 1 unspecified atom stereocenters. The summed E-state index contributed by atoms with van der Waals surface area (Å²) in [7, 11) is 1.81. The van der Waals surface area contributed by atoms with Crippen molar-refractivity contribution in [2.75, 3.05) is 11.9 Å². The second kappa shape index (κ2) is 7.27. The summed E-state index contributed by atoms with van der Waals surface area (Å²) in [6.07, 6.45) is 3.72. The van der Waals surface area contributed by atoms with Crippen LogP contribution in [0.25, 0.3) is 0 Å². The summed E-state index contributed by atoms with van der Waals surface area (Å²) in [5.41, 5.74) is 1.67. The van der Waals surface area contributed by atoms with Gasteiger partial charge in [0.2, 0.25) is 0 Å². The van der Waals surface area contributed by atoms with Crippen molar-refractivity contribution in [3.8, 4) is 0 Å². The predicted molar refractivity (Wildman–Crippen MR) is 97.3 cm³/mol. The molecule has 25 heavy (non-hydrogen) atoms. The highest BCUT2D eigenvalue weighted by Gasteiger charge is 2.45. The molecule has 2 aromatic rings. The van der Waals surface area contributed by atoms with Crippen LogP contribution in [0, 0.1) is 5.41 Å². The molecule has 1 aliphatic rings. The highest BCUT2D eigenvalue weighted by Crippen LogP contribution is 2.49. The molecule has 1 saturated carbocycles. The van der Waals surface area contributed by atoms with E-state index in [2.05, 4.69) is 15.7 Å². The lowest BCUT2D eigenvalue weighted by Crippen LogP contribution is -2.48. The quantitative estimate of drug-likeness (QED) is 0.755. The molecule has 0 spiro atoms. The van der Waals surface area contributed by atoms with Crippen LogP contribution in [-0.4, -0.2) is 27.5 Å². The number of hydrogen-bond acceptors (Lipinski definition) is 3. The summed E-state index contributed by atoms with van der Waals surface area (Å²) in [6.45, 7) is 2.09. The first-order valence-electron chi connectivity index (χ1n) is 8.84. The Balaban J connectivity index is 1.78. The molecule has 0 aliphatic heterocycles. The molecule has 1 aliphatic carbocycles. The zero-order valence-electron chi connectivity index (χ0n) is 14.8. The Labute approximate surface area is 148 Å². The fourth-order valence-electron chi connectivity index (χ4n) is 3.50. The average Bonchev–Trinajstić information content (AvgIpc) is 2.94. The van der Waals surface area contributed by atoms with E-state index in [9.17, 15) is 9.90 Å². The van der Waals surface area contributed by atoms with Gasteiger partial charge in [-0.05, 0) is 24.8 Å². The summed E-state index contributed by atoms with van der Waals surface area (Å²) < 4.78 is 1.67. The van der Waals surface area contributed by atoms with Crippen molar-refractivity contribution in [2.24, 2.45) is 12.5 Å². The number of nitrogens with one attached hydrogen (secondary N) is 2. The molecule has 0 radical (unpaired) electrons. The van der Waals surface area contributed by atoms with Crippen LogP contribution in [0.3, 0.4) is 0 Å². The third-order valence-electron chi connectivity index (χ3n) is 5.22. The number of nitrogens with zero attached hydrogens (tertiary/aromatic N) is 2. The number of urea groups is 1. The number of amides is 2. The lowest BCUT2D eigenvalue weighted by molar-refractivity contribution is 0.00969. The molecule has 1 aromatic heterocycles. The maximum Gasteiger partial charge on any atom is 0.320 e. The van der Waals surface area contributed by atoms with Gasteiger partial charge in [0.05, 0.1) is 18.3 Å². The summed E-state index contributed by atoms with van der Waals surface area (Å²) in [4.78, 5) is 12.6. The van der Waals surface area contributed by atoms with Crippen molar-refractivity contribution in [2.45, 2.75) is 38.6 Å². The Morgan fingerprint density at radius 3 is 2.60 bits per heavy atom. The van der Waals surface area contributed by atoms with E-state index in [4.69, 9.17) is 0 Å². The summed E-state index contributed by atoms with van der Waals surface area (Å²) >= 11 is 0. The predicted octanol–water partition coefficient (Wildman–Crippen LogP) is 3.01. The number of aromatic nitrogens is 2. The van der Waals surface area contributed by atoms with Crippen molar-refractivity contribution in [3.05, 3.63) is 47.7 Å². The van der Waals surface area contributed by atoms with Crippen LogP contribution in [0.15, 0.2) is 36.4 Å². The van der Waals surface area contributed by atoms with Crippen LogP contribution in [0.1, 0.15) is 43.5 Å². The van der Waals surface area contributed by atoms with Crippen molar-refractivity contribution < 1.29 is 9.90 Å². The molecule has 1 atom stereocenters. The molecule has 0 saturated heterocycles. The fourth-order valence-corrected chi connectivity index (χ4v) is 3.50. The number of rotatable bonds is 6. The van der Waals surface area contributed by atoms with Crippen molar-refractivity contribution in [3.63, 3.8) is 0 Å². The van der Waals surface area contributed by atoms with Gasteiger partial charge in [-0.15, -0.1) is 0 Å². The summed E-state index contributed by atoms with van der Waals surface area (Å²) in [5.74, 6) is 0.660. The summed E-state index contributed by atoms with van der Waals surface area (Å²) in [5, 5.41) is 20.3. The molecule has 1 fully saturated rings. The first-order valence-corrected chi connectivity index (χ1v) is 8.84. The molecular weight excluding hydrogens is 316 g/mol. The molecule has 3 rings (SSSR count). The minimum absolute atomic E-state index is 0.0680. The standard InChI is InChI=1S/C19H26N4O2/c1-3-15-12-16(23(2)22-15)20-18(25)21-17(14-8-5-4-6-9-14)19(13-24)10-7-11-19/h4-6,8-9,12,17,24H,3,7,10-11,13H2,1-2H3,(H2,20,21,25). The number of carbonyl (C=O) groups is 1. The van der Waals surface area contributed by atoms with Gasteiger partial charge in [0.1, 0.15) is 5.82 Å². The second-order valence-corrected chi connectivity index (χ2v) is 6.81. The normalized spacial score (nSPS) is 16.8. The van der Waals surface area contributed by atoms with Crippen LogP contribution in [0.2, 0.25) is 0 Å². The van der Waals surface area contributed by atoms with E-state index in [0.29, 0.717) is 5.82 Å². The molecule has 2 amide bonds. The Kier molecular flexibility index (Phi) is 5.08. The van der Waals surface area contributed by atoms with Gasteiger partial charge in [0.15, 0.2) is 0 Å². The number of aliphatic hydroxyl groups is 1. The number of hydrogen-bond donors (Lipinski definition) is 3. The third-order valence-corrected chi connectivity index (χ3v) is 5.22. The second-order valence-electron chi connectivity index (χ2n) is 6.81. The van der Waals surface area contributed by atoms with Gasteiger partial charge in [-0.25, -0.2) is 4.79 Å². The highest BCUT2D eigenvalue weighted by molar-refractivity contribution is 5.88. The third kappa shape index (κ3) is 3.54. The van der Waals surface area contributed by atoms with Crippen LogP contribution in [-0.2, 0) is 13.5 Å². The molecule has 0 bridgehead atoms. The maximum absolute atomic E-state index is 12.6. The van der Waals surface area contributed by atoms with Crippen LogP contribution in [0.4, 0.5) is 10.6 Å². The van der Waals surface area contributed by atoms with Gasteiger partial charge in [-0.3, -0.25) is 10.00 Å². The number of aryl methyl sites for hydroxylation is 2. The summed E-state index contributed by atoms with van der Waals surface area (Å²) in [6, 6.07) is 11.3. The van der Waals surface area contributed by atoms with Gasteiger partial charge < -0.3 is 10.4 Å². The van der Waals surface area contributed by atoms with Gasteiger partial charge >= 0.3 is 6.03 Å². The number of anilines is 1. The maximum atomic E-state index is 12.6. The molecule has 6 nitrogen and oxygen atoms in total. The minimum atomic E-state index is -0.278. The first-order chi connectivity index (χ1) is 12.1. The first kappa shape index (κ1) is 17.5. The Bertz CT molecular complexity index is 717. The lowest BCUT2D eigenvalue weighted by atomic mass is 9.63. The van der Waals surface area contributed by atoms with Gasteiger partial charge in [0.25, 0.3) is 0 Å². The van der Waals surface area contributed by atoms with E-state index in [1.807, 2.05) is 50.4 Å². The molecule has 6 heteroatoms. The number of carbonyl (C=O) groups excluding carboxylic acids is 1. The molecule has 1 heterocycles. The van der Waals surface area contributed by atoms with E-state index < -0.39 is 0 Å². The van der Waals surface area contributed by atoms with E-state index in [1.54, 1.807) is 4.68 Å². The largest absolute Gasteiger partial charge is 0.396 e. The van der Waals surface area contributed by atoms with Crippen molar-refractivity contribution in [1.82, 2.24) is 15.1 Å². The van der Waals surface area contributed by atoms with Crippen LogP contribution in [0.5, 0.6) is 0 Å². The van der Waals surface area contributed by atoms with Gasteiger partial charge in [0, 0.05) is 18.5 Å². The van der Waals surface area contributed by atoms with Crippen molar-refractivity contribution in [1.29, 1.82) is 0 Å². The number of aliphatic hydroxyl groups excluding tert-OH is 1. The van der Waals surface area contributed by atoms with Gasteiger partial charge in [-0.1, -0.05) is 43.7 Å². The topological polar surface area (TPSA) is 79.2 Å². The van der Waals surface area contributed by atoms with E-state index in [-0.39, 0.29) is 24.1 Å². The smallest absolute Gasteiger partial charge is 0.320 e. The van der Waals surface area contributed by atoms with E-state index >= 15 is 0 Å².